The molecule has 3 aromatic carbocycles. The number of amides is 2. The second-order valence-corrected chi connectivity index (χ2v) is 7.98. The molecule has 0 radical (unpaired) electrons. The number of aromatic hydroxyl groups is 1. The number of nitro benzene ring substituents is 1. The van der Waals surface area contributed by atoms with Crippen LogP contribution in [-0.2, 0) is 6.54 Å². The van der Waals surface area contributed by atoms with Gasteiger partial charge < -0.3 is 20.3 Å². The van der Waals surface area contributed by atoms with Gasteiger partial charge in [0, 0.05) is 48.2 Å². The van der Waals surface area contributed by atoms with Gasteiger partial charge in [-0.15, -0.1) is 0 Å². The average Bonchev–Trinajstić information content (AvgIpc) is 3.40. The summed E-state index contributed by atoms with van der Waals surface area (Å²) in [7, 11) is 0. The summed E-state index contributed by atoms with van der Waals surface area (Å²) >= 11 is 0. The molecule has 0 bridgehead atoms. The van der Waals surface area contributed by atoms with E-state index in [9.17, 15) is 20.0 Å². The number of carbonyl (C=O) groups is 1. The number of aromatic amines is 1. The molecule has 1 fully saturated rings. The predicted molar refractivity (Wildman–Crippen MR) is 129 cm³/mol. The topological polar surface area (TPSA) is 124 Å². The Morgan fingerprint density at radius 1 is 1.09 bits per heavy atom. The maximum Gasteiger partial charge on any atom is 0.317 e. The molecular weight excluding hydrogens is 434 g/mol. The van der Waals surface area contributed by atoms with E-state index in [0.717, 1.165) is 11.1 Å². The van der Waals surface area contributed by atoms with Crippen molar-refractivity contribution in [2.75, 3.05) is 13.1 Å². The van der Waals surface area contributed by atoms with E-state index in [0.29, 0.717) is 47.5 Å². The summed E-state index contributed by atoms with van der Waals surface area (Å²) in [5.74, 6) is -0.116. The first kappa shape index (κ1) is 21.2. The number of nitro groups is 1. The minimum absolute atomic E-state index is 0.0719. The van der Waals surface area contributed by atoms with E-state index in [-0.39, 0.29) is 17.6 Å². The zero-order valence-corrected chi connectivity index (χ0v) is 18.1. The average molecular weight is 455 g/mol. The van der Waals surface area contributed by atoms with Gasteiger partial charge in [-0.1, -0.05) is 42.5 Å². The van der Waals surface area contributed by atoms with Gasteiger partial charge in [-0.2, -0.15) is 0 Å². The Balaban J connectivity index is 1.58. The van der Waals surface area contributed by atoms with Gasteiger partial charge in [-0.25, -0.2) is 9.79 Å². The largest absolute Gasteiger partial charge is 0.494 e. The number of hydrogen-bond donors (Lipinski definition) is 3. The molecule has 5 rings (SSSR count). The molecule has 1 saturated heterocycles. The molecule has 2 heterocycles. The van der Waals surface area contributed by atoms with Crippen LogP contribution in [0.3, 0.4) is 0 Å². The van der Waals surface area contributed by atoms with Crippen molar-refractivity contribution in [3.05, 3.63) is 99.6 Å². The van der Waals surface area contributed by atoms with E-state index in [4.69, 9.17) is 4.99 Å². The van der Waals surface area contributed by atoms with Crippen molar-refractivity contribution < 1.29 is 14.8 Å². The second kappa shape index (κ2) is 8.70. The first-order chi connectivity index (χ1) is 16.5. The number of carbonyl (C=O) groups excluding carboxylic acids is 1. The highest BCUT2D eigenvalue weighted by Gasteiger charge is 2.21. The van der Waals surface area contributed by atoms with E-state index in [1.807, 2.05) is 54.6 Å². The van der Waals surface area contributed by atoms with Gasteiger partial charge in [0.1, 0.15) is 0 Å². The molecule has 1 aromatic heterocycles. The lowest BCUT2D eigenvalue weighted by Gasteiger charge is -2.14. The molecule has 2 amide bonds. The molecule has 170 valence electrons. The number of non-ortho nitro benzene ring substituents is 1. The van der Waals surface area contributed by atoms with Crippen LogP contribution in [0.4, 0.5) is 16.2 Å². The number of hydrogen-bond acceptors (Lipinski definition) is 5. The quantitative estimate of drug-likeness (QED) is 0.225. The maximum atomic E-state index is 11.8. The summed E-state index contributed by atoms with van der Waals surface area (Å²) in [4.78, 5) is 32.1. The van der Waals surface area contributed by atoms with Crippen LogP contribution in [0.1, 0.15) is 16.7 Å². The van der Waals surface area contributed by atoms with Crippen molar-refractivity contribution in [3.8, 4) is 5.88 Å². The number of aromatic nitrogens is 1. The van der Waals surface area contributed by atoms with Crippen LogP contribution >= 0.6 is 0 Å². The third-order valence-corrected chi connectivity index (χ3v) is 5.75. The van der Waals surface area contributed by atoms with E-state index >= 15 is 0 Å². The number of nitrogens with zero attached hydrogens (tertiary/aromatic N) is 3. The zero-order valence-electron chi connectivity index (χ0n) is 18.1. The van der Waals surface area contributed by atoms with E-state index in [1.54, 1.807) is 11.0 Å². The van der Waals surface area contributed by atoms with E-state index in [1.165, 1.54) is 12.1 Å². The number of rotatable bonds is 6. The van der Waals surface area contributed by atoms with Crippen LogP contribution < -0.4 is 5.32 Å². The van der Waals surface area contributed by atoms with Crippen LogP contribution in [0.2, 0.25) is 0 Å². The van der Waals surface area contributed by atoms with Crippen LogP contribution in [0.5, 0.6) is 5.88 Å². The molecule has 34 heavy (non-hydrogen) atoms. The monoisotopic (exact) mass is 455 g/mol. The summed E-state index contributed by atoms with van der Waals surface area (Å²) < 4.78 is 0. The fourth-order valence-corrected chi connectivity index (χ4v) is 4.07. The lowest BCUT2D eigenvalue weighted by molar-refractivity contribution is -0.384. The van der Waals surface area contributed by atoms with Crippen molar-refractivity contribution in [3.63, 3.8) is 0 Å². The Labute approximate surface area is 194 Å². The highest BCUT2D eigenvalue weighted by molar-refractivity contribution is 6.22. The molecule has 0 atom stereocenters. The fourth-order valence-electron chi connectivity index (χ4n) is 4.07. The minimum Gasteiger partial charge on any atom is -0.494 e. The van der Waals surface area contributed by atoms with Gasteiger partial charge in [0.25, 0.3) is 5.69 Å². The van der Waals surface area contributed by atoms with E-state index in [2.05, 4.69) is 10.3 Å². The molecule has 3 N–H and O–H groups in total. The van der Waals surface area contributed by atoms with Gasteiger partial charge in [-0.05, 0) is 23.8 Å². The van der Waals surface area contributed by atoms with Crippen molar-refractivity contribution in [2.45, 2.75) is 6.54 Å². The van der Waals surface area contributed by atoms with Crippen LogP contribution in [0.25, 0.3) is 10.9 Å². The van der Waals surface area contributed by atoms with Gasteiger partial charge in [0.2, 0.25) is 0 Å². The van der Waals surface area contributed by atoms with Crippen molar-refractivity contribution in [1.82, 2.24) is 15.2 Å². The summed E-state index contributed by atoms with van der Waals surface area (Å²) in [5, 5.41) is 25.4. The third-order valence-electron chi connectivity index (χ3n) is 5.75. The number of benzene rings is 3. The highest BCUT2D eigenvalue weighted by atomic mass is 16.6. The summed E-state index contributed by atoms with van der Waals surface area (Å²) in [6.45, 7) is 1.82. The first-order valence-electron chi connectivity index (χ1n) is 10.7. The fraction of sp³-hybridized carbons (Fsp3) is 0.120. The second-order valence-electron chi connectivity index (χ2n) is 7.98. The Kier molecular flexibility index (Phi) is 5.43. The summed E-state index contributed by atoms with van der Waals surface area (Å²) in [5.41, 5.74) is 3.74. The van der Waals surface area contributed by atoms with Crippen molar-refractivity contribution >= 4 is 34.0 Å². The SMILES string of the molecule is O=C1NCCN1Cc1ccc(N=C(c2ccccc2)c2c(O)[nH]c3ccc([N+](=O)[O-])cc23)cc1. The Hall–Kier alpha value is -4.66. The molecule has 0 unspecified atom stereocenters. The third kappa shape index (κ3) is 4.06. The first-order valence-corrected chi connectivity index (χ1v) is 10.7. The molecule has 1 aliphatic heterocycles. The standard InChI is InChI=1S/C25H21N5O4/c31-24-22(20-14-19(30(33)34)10-11-21(20)28-24)23(17-4-2-1-3-5-17)27-18-8-6-16(7-9-18)15-29-13-12-26-25(29)32/h1-11,14,28,31H,12-13,15H2,(H,26,32). The Bertz CT molecular complexity index is 1410. The molecule has 0 spiro atoms. The zero-order chi connectivity index (χ0) is 23.7. The van der Waals surface area contributed by atoms with Crippen LogP contribution in [0, 0.1) is 10.1 Å². The molecule has 0 saturated carbocycles. The van der Waals surface area contributed by atoms with Crippen molar-refractivity contribution in [1.29, 1.82) is 0 Å². The predicted octanol–water partition coefficient (Wildman–Crippen LogP) is 4.48. The summed E-state index contributed by atoms with van der Waals surface area (Å²) in [6, 6.07) is 21.2. The number of aliphatic imine (C=N–C) groups is 1. The summed E-state index contributed by atoms with van der Waals surface area (Å²) in [6.07, 6.45) is 0. The van der Waals surface area contributed by atoms with Crippen LogP contribution in [0.15, 0.2) is 77.8 Å². The highest BCUT2D eigenvalue weighted by Crippen LogP contribution is 2.33. The normalized spacial score (nSPS) is 13.9. The van der Waals surface area contributed by atoms with Gasteiger partial charge in [-0.3, -0.25) is 10.1 Å². The number of urea groups is 1. The molecule has 0 aliphatic carbocycles. The lowest BCUT2D eigenvalue weighted by Crippen LogP contribution is -2.27. The van der Waals surface area contributed by atoms with Gasteiger partial charge >= 0.3 is 6.03 Å². The lowest BCUT2D eigenvalue weighted by atomic mass is 10.0. The minimum atomic E-state index is -0.466. The molecule has 9 nitrogen and oxygen atoms in total. The molecule has 9 heteroatoms. The molecule has 1 aliphatic rings. The van der Waals surface area contributed by atoms with Gasteiger partial charge in [0.05, 0.1) is 21.9 Å². The maximum absolute atomic E-state index is 11.8. The van der Waals surface area contributed by atoms with E-state index < -0.39 is 4.92 Å². The van der Waals surface area contributed by atoms with Crippen LogP contribution in [-0.4, -0.2) is 44.7 Å². The number of H-pyrrole nitrogens is 1. The molecular formula is C25H21N5O4. The molecule has 4 aromatic rings. The number of nitrogens with one attached hydrogen (secondary N) is 2. The number of fused-ring (bicyclic) bond motifs is 1. The Morgan fingerprint density at radius 2 is 1.85 bits per heavy atom. The Morgan fingerprint density at radius 3 is 2.53 bits per heavy atom. The van der Waals surface area contributed by atoms with Crippen molar-refractivity contribution in [2.24, 2.45) is 4.99 Å². The van der Waals surface area contributed by atoms with Gasteiger partial charge in [0.15, 0.2) is 5.88 Å². The smallest absolute Gasteiger partial charge is 0.317 e.